The maximum Gasteiger partial charge on any atom is 0.0111 e. The Morgan fingerprint density at radius 3 is 2.50 bits per heavy atom. The molecule has 90 valence electrons. The second-order valence-corrected chi connectivity index (χ2v) is 5.01. The Bertz CT molecular complexity index is 720. The molecule has 0 amide bonds. The van der Waals surface area contributed by atoms with E-state index in [1.807, 2.05) is 0 Å². The number of rotatable bonds is 1. The van der Waals surface area contributed by atoms with E-state index in [2.05, 4.69) is 74.3 Å². The van der Waals surface area contributed by atoms with Crippen molar-refractivity contribution in [1.82, 2.24) is 4.57 Å². The van der Waals surface area contributed by atoms with Crippen LogP contribution in [0.4, 0.5) is 0 Å². The number of hydrogen-bond donors (Lipinski definition) is 0. The van der Waals surface area contributed by atoms with Crippen LogP contribution in [0.5, 0.6) is 0 Å². The SMILES string of the molecule is Cc1cccc(-c2ccc3cn(C)cc3c2)c1C. The summed E-state index contributed by atoms with van der Waals surface area (Å²) in [5.74, 6) is 0. The Hall–Kier alpha value is -2.02. The standard InChI is InChI=1S/C17H17N/c1-12-5-4-6-17(13(12)2)14-7-8-15-10-18(3)11-16(15)9-14/h4-11H,1-3H3. The maximum absolute atomic E-state index is 2.27. The van der Waals surface area contributed by atoms with Crippen molar-refractivity contribution in [2.45, 2.75) is 13.8 Å². The summed E-state index contributed by atoms with van der Waals surface area (Å²) >= 11 is 0. The second kappa shape index (κ2) is 4.02. The zero-order valence-electron chi connectivity index (χ0n) is 11.1. The fraction of sp³-hybridized carbons (Fsp3) is 0.176. The van der Waals surface area contributed by atoms with Gasteiger partial charge in [0.05, 0.1) is 0 Å². The summed E-state index contributed by atoms with van der Waals surface area (Å²) in [6.45, 7) is 4.36. The molecule has 0 aliphatic heterocycles. The van der Waals surface area contributed by atoms with Gasteiger partial charge in [0.25, 0.3) is 0 Å². The first-order chi connectivity index (χ1) is 8.65. The highest BCUT2D eigenvalue weighted by atomic mass is 14.9. The summed E-state index contributed by atoms with van der Waals surface area (Å²) in [5, 5.41) is 2.60. The molecule has 0 N–H and O–H groups in total. The number of benzene rings is 2. The van der Waals surface area contributed by atoms with Crippen LogP contribution in [0, 0.1) is 13.8 Å². The minimum atomic E-state index is 1.30. The number of hydrogen-bond acceptors (Lipinski definition) is 0. The summed E-state index contributed by atoms with van der Waals surface area (Å²) in [6.07, 6.45) is 4.33. The number of fused-ring (bicyclic) bond motifs is 1. The molecule has 0 unspecified atom stereocenters. The summed E-state index contributed by atoms with van der Waals surface area (Å²) < 4.78 is 2.11. The summed E-state index contributed by atoms with van der Waals surface area (Å²) in [5.41, 5.74) is 5.35. The van der Waals surface area contributed by atoms with E-state index in [4.69, 9.17) is 0 Å². The van der Waals surface area contributed by atoms with Crippen LogP contribution < -0.4 is 0 Å². The van der Waals surface area contributed by atoms with Crippen LogP contribution in [0.15, 0.2) is 48.8 Å². The van der Waals surface area contributed by atoms with Gasteiger partial charge in [-0.05, 0) is 52.9 Å². The normalized spacial score (nSPS) is 11.1. The predicted octanol–water partition coefficient (Wildman–Crippen LogP) is 4.46. The zero-order chi connectivity index (χ0) is 12.7. The smallest absolute Gasteiger partial charge is 0.0111 e. The van der Waals surface area contributed by atoms with E-state index in [-0.39, 0.29) is 0 Å². The van der Waals surface area contributed by atoms with Gasteiger partial charge in [0, 0.05) is 19.4 Å². The summed E-state index contributed by atoms with van der Waals surface area (Å²) in [7, 11) is 2.07. The Morgan fingerprint density at radius 1 is 0.889 bits per heavy atom. The Kier molecular flexibility index (Phi) is 2.48. The second-order valence-electron chi connectivity index (χ2n) is 5.01. The third-order valence-corrected chi connectivity index (χ3v) is 3.69. The van der Waals surface area contributed by atoms with E-state index in [0.29, 0.717) is 0 Å². The number of aromatic nitrogens is 1. The molecule has 0 bridgehead atoms. The van der Waals surface area contributed by atoms with Gasteiger partial charge in [-0.3, -0.25) is 0 Å². The molecule has 0 aliphatic carbocycles. The molecule has 0 saturated carbocycles. The highest BCUT2D eigenvalue weighted by Gasteiger charge is 2.05. The molecule has 18 heavy (non-hydrogen) atoms. The van der Waals surface area contributed by atoms with E-state index in [1.165, 1.54) is 33.0 Å². The molecule has 1 heterocycles. The van der Waals surface area contributed by atoms with E-state index >= 15 is 0 Å². The van der Waals surface area contributed by atoms with Crippen molar-refractivity contribution < 1.29 is 0 Å². The molecule has 0 fully saturated rings. The average molecular weight is 235 g/mol. The monoisotopic (exact) mass is 235 g/mol. The zero-order valence-corrected chi connectivity index (χ0v) is 11.1. The Morgan fingerprint density at radius 2 is 1.67 bits per heavy atom. The molecule has 0 spiro atoms. The molecule has 3 rings (SSSR count). The van der Waals surface area contributed by atoms with Crippen LogP contribution in [0.3, 0.4) is 0 Å². The van der Waals surface area contributed by atoms with E-state index < -0.39 is 0 Å². The van der Waals surface area contributed by atoms with Crippen LogP contribution >= 0.6 is 0 Å². The van der Waals surface area contributed by atoms with Gasteiger partial charge >= 0.3 is 0 Å². The van der Waals surface area contributed by atoms with Crippen LogP contribution in [0.25, 0.3) is 21.9 Å². The lowest BCUT2D eigenvalue weighted by Gasteiger charge is -2.08. The third kappa shape index (κ3) is 1.72. The fourth-order valence-corrected chi connectivity index (χ4v) is 2.51. The Labute approximate surface area is 108 Å². The van der Waals surface area contributed by atoms with Gasteiger partial charge in [-0.15, -0.1) is 0 Å². The van der Waals surface area contributed by atoms with Crippen molar-refractivity contribution in [3.05, 3.63) is 59.9 Å². The van der Waals surface area contributed by atoms with Crippen molar-refractivity contribution in [2.24, 2.45) is 7.05 Å². The van der Waals surface area contributed by atoms with Crippen LogP contribution in [-0.4, -0.2) is 4.57 Å². The van der Waals surface area contributed by atoms with E-state index in [9.17, 15) is 0 Å². The molecule has 0 saturated heterocycles. The van der Waals surface area contributed by atoms with Crippen LogP contribution in [0.1, 0.15) is 11.1 Å². The van der Waals surface area contributed by atoms with Gasteiger partial charge in [-0.2, -0.15) is 0 Å². The van der Waals surface area contributed by atoms with Gasteiger partial charge in [0.2, 0.25) is 0 Å². The van der Waals surface area contributed by atoms with Crippen LogP contribution in [0.2, 0.25) is 0 Å². The number of aryl methyl sites for hydroxylation is 2. The average Bonchev–Trinajstić information content (AvgIpc) is 2.71. The highest BCUT2D eigenvalue weighted by molar-refractivity contribution is 5.87. The van der Waals surface area contributed by atoms with Gasteiger partial charge < -0.3 is 4.57 Å². The van der Waals surface area contributed by atoms with E-state index in [0.717, 1.165) is 0 Å². The lowest BCUT2D eigenvalue weighted by molar-refractivity contribution is 0.933. The van der Waals surface area contributed by atoms with Crippen molar-refractivity contribution in [2.75, 3.05) is 0 Å². The molecule has 1 heteroatoms. The van der Waals surface area contributed by atoms with Gasteiger partial charge in [-0.25, -0.2) is 0 Å². The molecule has 2 aromatic carbocycles. The molecular formula is C17H17N. The lowest BCUT2D eigenvalue weighted by atomic mass is 9.96. The van der Waals surface area contributed by atoms with Crippen molar-refractivity contribution in [3.8, 4) is 11.1 Å². The number of nitrogens with zero attached hydrogens (tertiary/aromatic N) is 1. The third-order valence-electron chi connectivity index (χ3n) is 3.69. The minimum Gasteiger partial charge on any atom is -0.356 e. The molecule has 1 nitrogen and oxygen atoms in total. The molecule has 1 aromatic heterocycles. The van der Waals surface area contributed by atoms with Crippen molar-refractivity contribution >= 4 is 10.8 Å². The topological polar surface area (TPSA) is 4.93 Å². The van der Waals surface area contributed by atoms with E-state index in [1.54, 1.807) is 0 Å². The quantitative estimate of drug-likeness (QED) is 0.586. The lowest BCUT2D eigenvalue weighted by Crippen LogP contribution is -1.86. The first-order valence-corrected chi connectivity index (χ1v) is 6.27. The van der Waals surface area contributed by atoms with Gasteiger partial charge in [-0.1, -0.05) is 30.3 Å². The van der Waals surface area contributed by atoms with Gasteiger partial charge in [0.1, 0.15) is 0 Å². The van der Waals surface area contributed by atoms with Crippen molar-refractivity contribution in [3.63, 3.8) is 0 Å². The molecular weight excluding hydrogens is 218 g/mol. The largest absolute Gasteiger partial charge is 0.356 e. The molecule has 3 aromatic rings. The Balaban J connectivity index is 2.22. The summed E-state index contributed by atoms with van der Waals surface area (Å²) in [6, 6.07) is 13.2. The first-order valence-electron chi connectivity index (χ1n) is 6.27. The molecule has 0 atom stereocenters. The fourth-order valence-electron chi connectivity index (χ4n) is 2.51. The van der Waals surface area contributed by atoms with Crippen molar-refractivity contribution in [1.29, 1.82) is 0 Å². The molecule has 0 aliphatic rings. The van der Waals surface area contributed by atoms with Crippen LogP contribution in [-0.2, 0) is 7.05 Å². The predicted molar refractivity (Wildman–Crippen MR) is 77.8 cm³/mol. The maximum atomic E-state index is 2.27. The first kappa shape index (κ1) is 11.1. The molecule has 0 radical (unpaired) electrons. The highest BCUT2D eigenvalue weighted by Crippen LogP contribution is 2.28. The van der Waals surface area contributed by atoms with Gasteiger partial charge in [0.15, 0.2) is 0 Å². The minimum absolute atomic E-state index is 1.30. The summed E-state index contributed by atoms with van der Waals surface area (Å²) in [4.78, 5) is 0.